The largest absolute Gasteiger partial charge is 0.362 e. The Morgan fingerprint density at radius 1 is 0.923 bits per heavy atom. The predicted octanol–water partition coefficient (Wildman–Crippen LogP) is 3.09. The molecule has 0 saturated heterocycles. The summed E-state index contributed by atoms with van der Waals surface area (Å²) < 4.78 is 0. The Labute approximate surface area is 80.2 Å². The fraction of sp³-hybridized carbons (Fsp3) is 0. The fourth-order valence-corrected chi connectivity index (χ4v) is 0.645. The Hall–Kier alpha value is -1.76. The minimum atomic E-state index is 0.915. The van der Waals surface area contributed by atoms with E-state index in [9.17, 15) is 0 Å². The summed E-state index contributed by atoms with van der Waals surface area (Å²) in [6, 6.07) is 0. The van der Waals surface area contributed by atoms with Crippen LogP contribution in [0.5, 0.6) is 0 Å². The first kappa shape index (κ1) is 11.2. The third kappa shape index (κ3) is 6.63. The van der Waals surface area contributed by atoms with E-state index in [1.54, 1.807) is 18.2 Å². The van der Waals surface area contributed by atoms with Crippen molar-refractivity contribution >= 4 is 0 Å². The molecule has 0 radical (unpaired) electrons. The van der Waals surface area contributed by atoms with Gasteiger partial charge < -0.3 is 5.32 Å². The molecule has 68 valence electrons. The van der Waals surface area contributed by atoms with Crippen LogP contribution in [0.2, 0.25) is 0 Å². The van der Waals surface area contributed by atoms with Crippen molar-refractivity contribution in [3.8, 4) is 0 Å². The highest BCUT2D eigenvalue weighted by Crippen LogP contribution is 1.90. The third-order valence-corrected chi connectivity index (χ3v) is 1.22. The minimum absolute atomic E-state index is 0.915. The van der Waals surface area contributed by atoms with Gasteiger partial charge in [0.15, 0.2) is 0 Å². The molecule has 0 heterocycles. The molecule has 0 spiro atoms. The van der Waals surface area contributed by atoms with Crippen molar-refractivity contribution in [3.63, 3.8) is 0 Å². The average Bonchev–Trinajstić information content (AvgIpc) is 2.16. The summed E-state index contributed by atoms with van der Waals surface area (Å²) >= 11 is 0. The molecule has 0 unspecified atom stereocenters. The smallest absolute Gasteiger partial charge is 0.0373 e. The molecule has 0 bridgehead atoms. The number of hydrogen-bond acceptors (Lipinski definition) is 1. The Morgan fingerprint density at radius 3 is 2.23 bits per heavy atom. The fourth-order valence-electron chi connectivity index (χ4n) is 0.645. The van der Waals surface area contributed by atoms with E-state index in [0.717, 1.165) is 5.70 Å². The van der Waals surface area contributed by atoms with E-state index in [2.05, 4.69) is 25.1 Å². The molecule has 0 atom stereocenters. The summed E-state index contributed by atoms with van der Waals surface area (Å²) in [5, 5.41) is 3.03. The van der Waals surface area contributed by atoms with E-state index in [4.69, 9.17) is 0 Å². The van der Waals surface area contributed by atoms with Crippen LogP contribution in [-0.4, -0.2) is 0 Å². The lowest BCUT2D eigenvalue weighted by atomic mass is 10.4. The lowest BCUT2D eigenvalue weighted by Gasteiger charge is -1.97. The van der Waals surface area contributed by atoms with Crippen LogP contribution < -0.4 is 5.32 Å². The molecule has 0 fully saturated rings. The monoisotopic (exact) mass is 173 g/mol. The van der Waals surface area contributed by atoms with E-state index >= 15 is 0 Å². The van der Waals surface area contributed by atoms with Gasteiger partial charge in [0.05, 0.1) is 0 Å². The Balaban J connectivity index is 3.98. The van der Waals surface area contributed by atoms with Gasteiger partial charge in [0.1, 0.15) is 0 Å². The topological polar surface area (TPSA) is 12.0 Å². The summed E-state index contributed by atoms with van der Waals surface area (Å²) in [7, 11) is 0. The first-order chi connectivity index (χ1) is 6.35. The Kier molecular flexibility index (Phi) is 7.21. The molecule has 1 N–H and O–H groups in total. The number of allylic oxidation sites excluding steroid dienone is 7. The Morgan fingerprint density at radius 2 is 1.69 bits per heavy atom. The second kappa shape index (κ2) is 8.34. The highest BCUT2D eigenvalue weighted by atomic mass is 14.8. The molecule has 0 aromatic rings. The molecule has 0 aliphatic heterocycles. The summed E-state index contributed by atoms with van der Waals surface area (Å²) in [5.41, 5.74) is 0.915. The number of hydrogen-bond donors (Lipinski definition) is 1. The Bertz CT molecular complexity index is 254. The molecule has 1 nitrogen and oxygen atoms in total. The third-order valence-electron chi connectivity index (χ3n) is 1.22. The highest BCUT2D eigenvalue weighted by molar-refractivity contribution is 5.21. The normalized spacial score (nSPS) is 11.8. The molecule has 0 amide bonds. The van der Waals surface area contributed by atoms with Crippen molar-refractivity contribution in [2.45, 2.75) is 0 Å². The van der Waals surface area contributed by atoms with Crippen LogP contribution in [-0.2, 0) is 0 Å². The zero-order chi connectivity index (χ0) is 9.94. The number of nitrogens with one attached hydrogen (secondary N) is 1. The van der Waals surface area contributed by atoms with Crippen molar-refractivity contribution in [3.05, 3.63) is 74.2 Å². The van der Waals surface area contributed by atoms with Gasteiger partial charge >= 0.3 is 0 Å². The van der Waals surface area contributed by atoms with Crippen LogP contribution in [0.25, 0.3) is 0 Å². The van der Waals surface area contributed by atoms with Crippen molar-refractivity contribution in [1.82, 2.24) is 5.32 Å². The first-order valence-electron chi connectivity index (χ1n) is 4.01. The van der Waals surface area contributed by atoms with Crippen molar-refractivity contribution < 1.29 is 0 Å². The molecule has 0 aliphatic rings. The highest BCUT2D eigenvalue weighted by Gasteiger charge is 1.80. The van der Waals surface area contributed by atoms with Gasteiger partial charge in [-0.2, -0.15) is 0 Å². The summed E-state index contributed by atoms with van der Waals surface area (Å²) in [4.78, 5) is 0. The maximum Gasteiger partial charge on any atom is 0.0373 e. The minimum Gasteiger partial charge on any atom is -0.362 e. The molecule has 0 rings (SSSR count). The van der Waals surface area contributed by atoms with Gasteiger partial charge in [-0.15, -0.1) is 0 Å². The predicted molar refractivity (Wildman–Crippen MR) is 60.1 cm³/mol. The van der Waals surface area contributed by atoms with Crippen LogP contribution in [0.3, 0.4) is 0 Å². The quantitative estimate of drug-likeness (QED) is 0.609. The second-order valence-corrected chi connectivity index (χ2v) is 2.19. The van der Waals surface area contributed by atoms with Gasteiger partial charge in [0.2, 0.25) is 0 Å². The lowest BCUT2D eigenvalue weighted by molar-refractivity contribution is 1.11. The summed E-state index contributed by atoms with van der Waals surface area (Å²) in [5.74, 6) is 0. The van der Waals surface area contributed by atoms with Crippen LogP contribution in [0.15, 0.2) is 74.2 Å². The second-order valence-electron chi connectivity index (χ2n) is 2.19. The van der Waals surface area contributed by atoms with E-state index in [1.807, 2.05) is 30.5 Å². The SMILES string of the molecule is C=C/C=C\C=C\N/C(C=C)=C/C=C. The van der Waals surface area contributed by atoms with Gasteiger partial charge in [-0.25, -0.2) is 0 Å². The van der Waals surface area contributed by atoms with Crippen LogP contribution in [0.4, 0.5) is 0 Å². The molecule has 0 saturated carbocycles. The lowest BCUT2D eigenvalue weighted by Crippen LogP contribution is -2.00. The molecule has 13 heavy (non-hydrogen) atoms. The van der Waals surface area contributed by atoms with Crippen LogP contribution in [0.1, 0.15) is 0 Å². The van der Waals surface area contributed by atoms with Gasteiger partial charge in [-0.3, -0.25) is 0 Å². The molecular weight excluding hydrogens is 158 g/mol. The average molecular weight is 173 g/mol. The molecular formula is C12H15N. The summed E-state index contributed by atoms with van der Waals surface area (Å²) in [6.07, 6.45) is 14.4. The van der Waals surface area contributed by atoms with Crippen LogP contribution in [0, 0.1) is 0 Å². The van der Waals surface area contributed by atoms with Crippen molar-refractivity contribution in [1.29, 1.82) is 0 Å². The van der Waals surface area contributed by atoms with Crippen LogP contribution >= 0.6 is 0 Å². The van der Waals surface area contributed by atoms with Gasteiger partial charge in [0, 0.05) is 11.9 Å². The maximum absolute atomic E-state index is 3.65. The van der Waals surface area contributed by atoms with Crippen molar-refractivity contribution in [2.75, 3.05) is 0 Å². The molecule has 0 aliphatic carbocycles. The maximum atomic E-state index is 3.65. The standard InChI is InChI=1S/C12H15N/c1-4-7-8-9-11-13-12(6-3)10-5-2/h4-11,13H,1-3H2/b8-7-,11-9+,12-10+. The van der Waals surface area contributed by atoms with E-state index in [1.165, 1.54) is 0 Å². The number of rotatable bonds is 6. The zero-order valence-corrected chi connectivity index (χ0v) is 7.74. The van der Waals surface area contributed by atoms with Gasteiger partial charge in [-0.1, -0.05) is 44.0 Å². The summed E-state index contributed by atoms with van der Waals surface area (Å²) in [6.45, 7) is 10.8. The van der Waals surface area contributed by atoms with E-state index in [0.29, 0.717) is 0 Å². The van der Waals surface area contributed by atoms with E-state index < -0.39 is 0 Å². The first-order valence-corrected chi connectivity index (χ1v) is 4.01. The van der Waals surface area contributed by atoms with Gasteiger partial charge in [0.25, 0.3) is 0 Å². The zero-order valence-electron chi connectivity index (χ0n) is 7.74. The molecule has 0 aromatic heterocycles. The van der Waals surface area contributed by atoms with Crippen molar-refractivity contribution in [2.24, 2.45) is 0 Å². The van der Waals surface area contributed by atoms with E-state index in [-0.39, 0.29) is 0 Å². The molecule has 1 heteroatoms. The van der Waals surface area contributed by atoms with Gasteiger partial charge in [-0.05, 0) is 18.2 Å². The molecule has 0 aromatic carbocycles.